The highest BCUT2D eigenvalue weighted by molar-refractivity contribution is 5.71. The number of aromatic nitrogens is 2. The number of nitrogens with one attached hydrogen (secondary N) is 1. The summed E-state index contributed by atoms with van der Waals surface area (Å²) in [5, 5.41) is 12.2. The van der Waals surface area contributed by atoms with Gasteiger partial charge in [0.25, 0.3) is 0 Å². The molecule has 8 nitrogen and oxygen atoms in total. The molecule has 0 aromatic carbocycles. The summed E-state index contributed by atoms with van der Waals surface area (Å²) in [7, 11) is 0. The van der Waals surface area contributed by atoms with Gasteiger partial charge in [0.05, 0.1) is 6.10 Å². The predicted octanol–water partition coefficient (Wildman–Crippen LogP) is -1.37. The summed E-state index contributed by atoms with van der Waals surface area (Å²) in [4.78, 5) is 23.3. The maximum atomic E-state index is 10.6. The van der Waals surface area contributed by atoms with Gasteiger partial charge in [-0.15, -0.1) is 0 Å². The Balaban J connectivity index is 1.73. The molecule has 2 amide bonds. The molecule has 1 aliphatic heterocycles. The number of urea groups is 1. The Morgan fingerprint density at radius 2 is 2.00 bits per heavy atom. The van der Waals surface area contributed by atoms with Gasteiger partial charge in [0.2, 0.25) is 5.95 Å². The van der Waals surface area contributed by atoms with Crippen molar-refractivity contribution in [3.8, 4) is 0 Å². The number of nitrogens with zero attached hydrogens (tertiary/aromatic N) is 4. The first-order valence-corrected chi connectivity index (χ1v) is 6.61. The average Bonchev–Trinajstić information content (AvgIpc) is 2.47. The summed E-state index contributed by atoms with van der Waals surface area (Å²) in [6.07, 6.45) is 2.85. The molecule has 0 aliphatic carbocycles. The topological polar surface area (TPSA) is 108 Å². The van der Waals surface area contributed by atoms with Crippen LogP contribution in [0.15, 0.2) is 18.5 Å². The standard InChI is InChI=1S/C12H20N6O2/c13-11(20)16-8-10(19)9-17-4-6-18(7-5-17)12-14-2-1-3-15-12/h1-3,10,19H,4-9H2,(H3,13,16,20). The van der Waals surface area contributed by atoms with Crippen LogP contribution in [0.3, 0.4) is 0 Å². The molecule has 20 heavy (non-hydrogen) atoms. The van der Waals surface area contributed by atoms with Crippen molar-refractivity contribution in [2.75, 3.05) is 44.2 Å². The van der Waals surface area contributed by atoms with E-state index >= 15 is 0 Å². The average molecular weight is 280 g/mol. The third kappa shape index (κ3) is 4.32. The minimum absolute atomic E-state index is 0.178. The fourth-order valence-electron chi connectivity index (χ4n) is 2.17. The van der Waals surface area contributed by atoms with Crippen LogP contribution in [0.1, 0.15) is 0 Å². The Morgan fingerprint density at radius 3 is 2.60 bits per heavy atom. The molecule has 1 aromatic heterocycles. The number of aliphatic hydroxyl groups is 1. The van der Waals surface area contributed by atoms with Crippen molar-refractivity contribution in [2.45, 2.75) is 6.10 Å². The molecule has 1 saturated heterocycles. The maximum absolute atomic E-state index is 10.6. The smallest absolute Gasteiger partial charge is 0.312 e. The Hall–Kier alpha value is -1.93. The lowest BCUT2D eigenvalue weighted by Crippen LogP contribution is -2.50. The molecule has 110 valence electrons. The first-order chi connectivity index (χ1) is 9.65. The molecule has 4 N–H and O–H groups in total. The normalized spacial score (nSPS) is 17.8. The quantitative estimate of drug-likeness (QED) is 0.614. The Bertz CT molecular complexity index is 421. The van der Waals surface area contributed by atoms with Crippen molar-refractivity contribution in [2.24, 2.45) is 5.73 Å². The van der Waals surface area contributed by atoms with E-state index in [-0.39, 0.29) is 6.54 Å². The van der Waals surface area contributed by atoms with Crippen LogP contribution < -0.4 is 16.0 Å². The zero-order chi connectivity index (χ0) is 14.4. The lowest BCUT2D eigenvalue weighted by atomic mass is 10.2. The molecule has 8 heteroatoms. The molecule has 2 rings (SSSR count). The Morgan fingerprint density at radius 1 is 1.35 bits per heavy atom. The number of amides is 2. The van der Waals surface area contributed by atoms with Gasteiger partial charge in [0.1, 0.15) is 0 Å². The van der Waals surface area contributed by atoms with Gasteiger partial charge in [-0.25, -0.2) is 14.8 Å². The van der Waals surface area contributed by atoms with E-state index in [4.69, 9.17) is 5.73 Å². The third-order valence-corrected chi connectivity index (χ3v) is 3.19. The van der Waals surface area contributed by atoms with Gasteiger partial charge in [-0.1, -0.05) is 0 Å². The molecular formula is C12H20N6O2. The lowest BCUT2D eigenvalue weighted by Gasteiger charge is -2.35. The van der Waals surface area contributed by atoms with Gasteiger partial charge in [-0.05, 0) is 6.07 Å². The van der Waals surface area contributed by atoms with E-state index in [1.54, 1.807) is 18.5 Å². The van der Waals surface area contributed by atoms with Crippen LogP contribution in [-0.2, 0) is 0 Å². The fraction of sp³-hybridized carbons (Fsp3) is 0.583. The van der Waals surface area contributed by atoms with Gasteiger partial charge in [-0.3, -0.25) is 4.90 Å². The van der Waals surface area contributed by atoms with Crippen LogP contribution in [0.2, 0.25) is 0 Å². The molecule has 2 heterocycles. The highest BCUT2D eigenvalue weighted by Crippen LogP contribution is 2.09. The minimum Gasteiger partial charge on any atom is -0.390 e. The zero-order valence-electron chi connectivity index (χ0n) is 11.3. The molecule has 0 bridgehead atoms. The van der Waals surface area contributed by atoms with Crippen molar-refractivity contribution < 1.29 is 9.90 Å². The van der Waals surface area contributed by atoms with Crippen molar-refractivity contribution >= 4 is 12.0 Å². The molecular weight excluding hydrogens is 260 g/mol. The second kappa shape index (κ2) is 7.01. The van der Waals surface area contributed by atoms with E-state index in [9.17, 15) is 9.90 Å². The van der Waals surface area contributed by atoms with Crippen molar-refractivity contribution in [1.29, 1.82) is 0 Å². The van der Waals surface area contributed by atoms with E-state index in [0.29, 0.717) is 6.54 Å². The molecule has 1 aromatic rings. The predicted molar refractivity (Wildman–Crippen MR) is 74.3 cm³/mol. The molecule has 0 spiro atoms. The van der Waals surface area contributed by atoms with Gasteiger partial charge in [0.15, 0.2) is 0 Å². The lowest BCUT2D eigenvalue weighted by molar-refractivity contribution is 0.109. The number of rotatable bonds is 5. The molecule has 0 saturated carbocycles. The summed E-state index contributed by atoms with van der Waals surface area (Å²) in [5.41, 5.74) is 4.96. The van der Waals surface area contributed by atoms with E-state index < -0.39 is 12.1 Å². The maximum Gasteiger partial charge on any atom is 0.312 e. The highest BCUT2D eigenvalue weighted by Gasteiger charge is 2.20. The van der Waals surface area contributed by atoms with Crippen LogP contribution >= 0.6 is 0 Å². The largest absolute Gasteiger partial charge is 0.390 e. The zero-order valence-corrected chi connectivity index (χ0v) is 11.3. The second-order valence-corrected chi connectivity index (χ2v) is 4.74. The number of primary amides is 1. The number of hydrogen-bond acceptors (Lipinski definition) is 6. The van der Waals surface area contributed by atoms with Crippen molar-refractivity contribution in [1.82, 2.24) is 20.2 Å². The van der Waals surface area contributed by atoms with E-state index in [1.807, 2.05) is 0 Å². The van der Waals surface area contributed by atoms with Crippen LogP contribution in [-0.4, -0.2) is 71.4 Å². The minimum atomic E-state index is -0.616. The SMILES string of the molecule is NC(=O)NCC(O)CN1CCN(c2ncccn2)CC1. The first-order valence-electron chi connectivity index (χ1n) is 6.61. The molecule has 1 fully saturated rings. The highest BCUT2D eigenvalue weighted by atomic mass is 16.3. The number of aliphatic hydroxyl groups excluding tert-OH is 1. The summed E-state index contributed by atoms with van der Waals surface area (Å²) in [6.45, 7) is 3.98. The fourth-order valence-corrected chi connectivity index (χ4v) is 2.17. The summed E-state index contributed by atoms with van der Waals surface area (Å²) >= 11 is 0. The van der Waals surface area contributed by atoms with E-state index in [1.165, 1.54) is 0 Å². The Labute approximate surface area is 117 Å². The van der Waals surface area contributed by atoms with Crippen LogP contribution in [0.4, 0.5) is 10.7 Å². The monoisotopic (exact) mass is 280 g/mol. The number of nitrogens with two attached hydrogens (primary N) is 1. The summed E-state index contributed by atoms with van der Waals surface area (Å²) < 4.78 is 0. The number of β-amino-alcohol motifs (C(OH)–C–C–N with tert-alkyl or cyclic N) is 1. The molecule has 1 atom stereocenters. The summed E-state index contributed by atoms with van der Waals surface area (Å²) in [6, 6.07) is 1.18. The second-order valence-electron chi connectivity index (χ2n) is 4.74. The molecule has 1 aliphatic rings. The molecule has 1 unspecified atom stereocenters. The van der Waals surface area contributed by atoms with Gasteiger partial charge < -0.3 is 21.1 Å². The van der Waals surface area contributed by atoms with Crippen LogP contribution in [0, 0.1) is 0 Å². The van der Waals surface area contributed by atoms with Crippen molar-refractivity contribution in [3.63, 3.8) is 0 Å². The van der Waals surface area contributed by atoms with Crippen molar-refractivity contribution in [3.05, 3.63) is 18.5 Å². The number of anilines is 1. The van der Waals surface area contributed by atoms with Gasteiger partial charge >= 0.3 is 6.03 Å². The Kier molecular flexibility index (Phi) is 5.08. The number of carbonyl (C=O) groups is 1. The number of carbonyl (C=O) groups excluding carboxylic acids is 1. The summed E-state index contributed by atoms with van der Waals surface area (Å²) in [5.74, 6) is 0.739. The third-order valence-electron chi connectivity index (χ3n) is 3.19. The first kappa shape index (κ1) is 14.5. The molecule has 0 radical (unpaired) electrons. The number of hydrogen-bond donors (Lipinski definition) is 3. The number of piperazine rings is 1. The van der Waals surface area contributed by atoms with Crippen LogP contribution in [0.25, 0.3) is 0 Å². The van der Waals surface area contributed by atoms with Crippen LogP contribution in [0.5, 0.6) is 0 Å². The van der Waals surface area contributed by atoms with E-state index in [2.05, 4.69) is 25.1 Å². The van der Waals surface area contributed by atoms with Gasteiger partial charge in [-0.2, -0.15) is 0 Å². The van der Waals surface area contributed by atoms with Gasteiger partial charge in [0, 0.05) is 51.7 Å². The van der Waals surface area contributed by atoms with E-state index in [0.717, 1.165) is 32.1 Å².